The van der Waals surface area contributed by atoms with Crippen LogP contribution in [0.1, 0.15) is 23.5 Å². The highest BCUT2D eigenvalue weighted by atomic mass is 16.5. The van der Waals surface area contributed by atoms with Crippen LogP contribution in [-0.4, -0.2) is 73.0 Å². The van der Waals surface area contributed by atoms with Crippen molar-refractivity contribution >= 4 is 17.2 Å². The number of amides is 1. The van der Waals surface area contributed by atoms with Crippen LogP contribution in [0.5, 0.6) is 0 Å². The zero-order valence-electron chi connectivity index (χ0n) is 15.5. The van der Waals surface area contributed by atoms with Crippen LogP contribution in [0.25, 0.3) is 5.57 Å². The Bertz CT molecular complexity index is 854. The van der Waals surface area contributed by atoms with E-state index in [1.54, 1.807) is 0 Å². The van der Waals surface area contributed by atoms with Crippen LogP contribution in [0.4, 0.5) is 5.69 Å². The average Bonchev–Trinajstić information content (AvgIpc) is 2.90. The van der Waals surface area contributed by atoms with Gasteiger partial charge in [-0.3, -0.25) is 9.69 Å². The van der Waals surface area contributed by atoms with E-state index in [2.05, 4.69) is 29.4 Å². The number of anilines is 1. The number of benzene rings is 1. The zero-order valence-corrected chi connectivity index (χ0v) is 15.5. The first-order chi connectivity index (χ1) is 13.0. The Morgan fingerprint density at radius 3 is 2.89 bits per heavy atom. The molecule has 1 spiro atoms. The van der Waals surface area contributed by atoms with E-state index in [4.69, 9.17) is 4.74 Å². The van der Waals surface area contributed by atoms with Crippen molar-refractivity contribution in [1.29, 1.82) is 0 Å². The minimum atomic E-state index is -0.516. The smallest absolute Gasteiger partial charge is 0.230 e. The predicted molar refractivity (Wildman–Crippen MR) is 101 cm³/mol. The molecule has 6 nitrogen and oxygen atoms in total. The molecule has 4 aliphatic heterocycles. The van der Waals surface area contributed by atoms with Crippen LogP contribution in [0, 0.1) is 11.3 Å². The highest BCUT2D eigenvalue weighted by Crippen LogP contribution is 2.50. The molecule has 1 aromatic rings. The molecule has 0 saturated carbocycles. The van der Waals surface area contributed by atoms with E-state index >= 15 is 0 Å². The number of hydrogen-bond donors (Lipinski definition) is 2. The molecule has 27 heavy (non-hydrogen) atoms. The molecule has 4 unspecified atom stereocenters. The summed E-state index contributed by atoms with van der Waals surface area (Å²) in [6.07, 6.45) is 2.59. The molecule has 0 aromatic heterocycles. The van der Waals surface area contributed by atoms with E-state index in [0.717, 1.165) is 45.0 Å². The Morgan fingerprint density at radius 1 is 1.33 bits per heavy atom. The zero-order chi connectivity index (χ0) is 18.3. The Labute approximate surface area is 158 Å². The summed E-state index contributed by atoms with van der Waals surface area (Å²) in [5.74, 6) is 0.284. The van der Waals surface area contributed by atoms with Crippen molar-refractivity contribution in [3.8, 4) is 0 Å². The summed E-state index contributed by atoms with van der Waals surface area (Å²) < 4.78 is 5.33. The summed E-state index contributed by atoms with van der Waals surface area (Å²) in [6, 6.07) is 6.49. The molecule has 6 heteroatoms. The molecule has 142 valence electrons. The Morgan fingerprint density at radius 2 is 2.15 bits per heavy atom. The van der Waals surface area contributed by atoms with E-state index in [9.17, 15) is 9.90 Å². The maximum atomic E-state index is 13.1. The summed E-state index contributed by atoms with van der Waals surface area (Å²) in [5, 5.41) is 13.7. The van der Waals surface area contributed by atoms with Gasteiger partial charge in [-0.25, -0.2) is 0 Å². The third-order valence-electron chi connectivity index (χ3n) is 7.20. The van der Waals surface area contributed by atoms with Crippen LogP contribution in [0.3, 0.4) is 0 Å². The van der Waals surface area contributed by atoms with E-state index < -0.39 is 6.23 Å². The van der Waals surface area contributed by atoms with Crippen molar-refractivity contribution in [3.05, 3.63) is 35.4 Å². The molecule has 2 saturated heterocycles. The molecule has 0 bridgehead atoms. The lowest BCUT2D eigenvalue weighted by Crippen LogP contribution is -2.68. The topological polar surface area (TPSA) is 65.0 Å². The monoisotopic (exact) mass is 367 g/mol. The number of nitrogens with zero attached hydrogens (tertiary/aromatic N) is 2. The number of carbonyl (C=O) groups excluding carboxylic acids is 1. The van der Waals surface area contributed by atoms with Crippen LogP contribution >= 0.6 is 0 Å². The van der Waals surface area contributed by atoms with Crippen molar-refractivity contribution in [2.75, 3.05) is 45.2 Å². The van der Waals surface area contributed by atoms with Crippen LogP contribution in [0.2, 0.25) is 0 Å². The number of aliphatic hydroxyl groups is 1. The molecule has 2 N–H and O–H groups in total. The fourth-order valence-corrected chi connectivity index (χ4v) is 5.76. The van der Waals surface area contributed by atoms with Crippen LogP contribution in [-0.2, 0) is 9.53 Å². The van der Waals surface area contributed by atoms with Gasteiger partial charge in [0.25, 0.3) is 0 Å². The molecular weight excluding hydrogens is 342 g/mol. The van der Waals surface area contributed by atoms with Crippen molar-refractivity contribution in [1.82, 2.24) is 9.80 Å². The van der Waals surface area contributed by atoms with Gasteiger partial charge in [0.15, 0.2) is 0 Å². The van der Waals surface area contributed by atoms with Gasteiger partial charge >= 0.3 is 0 Å². The molecule has 5 aliphatic rings. The van der Waals surface area contributed by atoms with Gasteiger partial charge < -0.3 is 20.1 Å². The van der Waals surface area contributed by atoms with Gasteiger partial charge in [0.05, 0.1) is 24.5 Å². The molecule has 1 aromatic carbocycles. The summed E-state index contributed by atoms with van der Waals surface area (Å²) in [6.45, 7) is 4.04. The van der Waals surface area contributed by atoms with Gasteiger partial charge in [-0.15, -0.1) is 0 Å². The summed E-state index contributed by atoms with van der Waals surface area (Å²) in [5.41, 5.74) is 4.98. The minimum Gasteiger partial charge on any atom is -0.380 e. The molecular formula is C21H25N3O3. The molecule has 4 atom stereocenters. The normalized spacial score (nSPS) is 35.5. The van der Waals surface area contributed by atoms with Gasteiger partial charge in [0.2, 0.25) is 5.91 Å². The number of rotatable bonds is 1. The number of fused-ring (bicyclic) bond motifs is 2. The second kappa shape index (κ2) is 5.34. The molecule has 4 heterocycles. The van der Waals surface area contributed by atoms with Gasteiger partial charge in [-0.05, 0) is 36.2 Å². The quantitative estimate of drug-likeness (QED) is 0.778. The van der Waals surface area contributed by atoms with Crippen molar-refractivity contribution in [3.63, 3.8) is 0 Å². The highest BCUT2D eigenvalue weighted by Gasteiger charge is 2.52. The molecule has 1 aliphatic carbocycles. The van der Waals surface area contributed by atoms with E-state index in [1.165, 1.54) is 16.7 Å². The number of carbonyl (C=O) groups is 1. The van der Waals surface area contributed by atoms with E-state index in [1.807, 2.05) is 17.0 Å². The van der Waals surface area contributed by atoms with Gasteiger partial charge in [0.1, 0.15) is 6.23 Å². The largest absolute Gasteiger partial charge is 0.380 e. The molecule has 2 fully saturated rings. The minimum absolute atomic E-state index is 0.0914. The van der Waals surface area contributed by atoms with Gasteiger partial charge in [0, 0.05) is 37.3 Å². The Balaban J connectivity index is 1.33. The number of nitrogens with one attached hydrogen (secondary N) is 1. The Kier molecular flexibility index (Phi) is 3.18. The number of aliphatic hydroxyl groups excluding tert-OH is 1. The Hall–Kier alpha value is -1.89. The standard InChI is InChI=1S/C21H25N3O3/c1-23-7-12(20(26)24-8-21(9-24)10-27-11-21)5-14-13-3-2-4-16-18(13)15(6-17(14)23)19(25)22-16/h2-5,12,15,17,19,22,25H,6-11H2,1H3. The first kappa shape index (κ1) is 16.1. The van der Waals surface area contributed by atoms with E-state index in [-0.39, 0.29) is 29.2 Å². The van der Waals surface area contributed by atoms with Crippen LogP contribution < -0.4 is 5.32 Å². The maximum absolute atomic E-state index is 13.1. The predicted octanol–water partition coefficient (Wildman–Crippen LogP) is 1.09. The van der Waals surface area contributed by atoms with Gasteiger partial charge in [-0.1, -0.05) is 18.2 Å². The summed E-state index contributed by atoms with van der Waals surface area (Å²) in [7, 11) is 2.11. The lowest BCUT2D eigenvalue weighted by molar-refractivity contribution is -0.197. The fraction of sp³-hybridized carbons (Fsp3) is 0.571. The van der Waals surface area contributed by atoms with Crippen molar-refractivity contribution in [2.24, 2.45) is 11.3 Å². The lowest BCUT2D eigenvalue weighted by atomic mass is 9.73. The third-order valence-corrected chi connectivity index (χ3v) is 7.20. The van der Waals surface area contributed by atoms with E-state index in [0.29, 0.717) is 0 Å². The summed E-state index contributed by atoms with van der Waals surface area (Å²) in [4.78, 5) is 17.4. The number of likely N-dealkylation sites (tertiary alicyclic amines) is 1. The second-order valence-corrected chi connectivity index (χ2v) is 9.07. The summed E-state index contributed by atoms with van der Waals surface area (Å²) >= 11 is 0. The van der Waals surface area contributed by atoms with Crippen molar-refractivity contribution in [2.45, 2.75) is 24.6 Å². The number of hydrogen-bond acceptors (Lipinski definition) is 5. The number of ether oxygens (including phenoxy) is 1. The molecule has 1 amide bonds. The number of likely N-dealkylation sites (N-methyl/N-ethyl adjacent to an activating group) is 1. The van der Waals surface area contributed by atoms with Crippen molar-refractivity contribution < 1.29 is 14.6 Å². The fourth-order valence-electron chi connectivity index (χ4n) is 5.76. The highest BCUT2D eigenvalue weighted by molar-refractivity contribution is 5.88. The lowest BCUT2D eigenvalue weighted by Gasteiger charge is -2.55. The third kappa shape index (κ3) is 2.15. The second-order valence-electron chi connectivity index (χ2n) is 9.07. The molecule has 0 radical (unpaired) electrons. The average molecular weight is 367 g/mol. The SMILES string of the molecule is CN1CC(C(=O)N2CC3(COC3)C2)C=C2c3cccc4c3C(CC21)C(O)N4. The van der Waals surface area contributed by atoms with Crippen LogP contribution in [0.15, 0.2) is 24.3 Å². The maximum Gasteiger partial charge on any atom is 0.230 e. The first-order valence-electron chi connectivity index (χ1n) is 9.91. The van der Waals surface area contributed by atoms with Gasteiger partial charge in [-0.2, -0.15) is 0 Å². The molecule has 6 rings (SSSR count). The first-order valence-corrected chi connectivity index (χ1v) is 9.91.